The van der Waals surface area contributed by atoms with E-state index in [0.717, 1.165) is 4.31 Å². The number of carbonyl (C=O) groups is 1. The van der Waals surface area contributed by atoms with Crippen molar-refractivity contribution in [3.05, 3.63) is 24.3 Å². The molecule has 0 spiro atoms. The van der Waals surface area contributed by atoms with Crippen molar-refractivity contribution in [3.8, 4) is 5.75 Å². The van der Waals surface area contributed by atoms with E-state index >= 15 is 0 Å². The van der Waals surface area contributed by atoms with Crippen molar-refractivity contribution in [2.45, 2.75) is 16.9 Å². The van der Waals surface area contributed by atoms with Gasteiger partial charge in [0.25, 0.3) is 0 Å². The summed E-state index contributed by atoms with van der Waals surface area (Å²) in [5, 5.41) is 9.06. The molecule has 3 N–H and O–H groups in total. The molecule has 1 atom stereocenters. The Kier molecular flexibility index (Phi) is 3.72. The molecule has 0 saturated carbocycles. The monoisotopic (exact) mass is 300 g/mol. The highest BCUT2D eigenvalue weighted by Gasteiger charge is 2.46. The lowest BCUT2D eigenvalue weighted by Crippen LogP contribution is -2.50. The smallest absolute Gasteiger partial charge is 0.325 e. The second-order valence-corrected chi connectivity index (χ2v) is 6.61. The fraction of sp³-hybridized carbons (Fsp3) is 0.417. The minimum absolute atomic E-state index is 0.0112. The van der Waals surface area contributed by atoms with Gasteiger partial charge in [-0.2, -0.15) is 4.31 Å². The third-order valence-corrected chi connectivity index (χ3v) is 5.26. The zero-order chi connectivity index (χ0) is 15.0. The van der Waals surface area contributed by atoms with Crippen LogP contribution in [0.1, 0.15) is 6.42 Å². The van der Waals surface area contributed by atoms with Gasteiger partial charge in [-0.25, -0.2) is 8.42 Å². The lowest BCUT2D eigenvalue weighted by molar-refractivity contribution is -0.142. The average molecular weight is 300 g/mol. The van der Waals surface area contributed by atoms with Gasteiger partial charge in [-0.05, 0) is 18.6 Å². The van der Waals surface area contributed by atoms with Gasteiger partial charge in [-0.3, -0.25) is 4.79 Å². The number of ether oxygens (including phenoxy) is 1. The van der Waals surface area contributed by atoms with E-state index in [4.69, 9.17) is 15.6 Å². The molecule has 1 aromatic carbocycles. The fourth-order valence-corrected chi connectivity index (χ4v) is 3.81. The van der Waals surface area contributed by atoms with Crippen LogP contribution in [0.5, 0.6) is 5.75 Å². The molecule has 2 rings (SSSR count). The molecule has 1 unspecified atom stereocenters. The van der Waals surface area contributed by atoms with Gasteiger partial charge in [-0.1, -0.05) is 12.1 Å². The zero-order valence-corrected chi connectivity index (χ0v) is 11.8. The molecule has 0 aromatic heterocycles. The van der Waals surface area contributed by atoms with E-state index < -0.39 is 21.5 Å². The van der Waals surface area contributed by atoms with Crippen molar-refractivity contribution in [1.29, 1.82) is 0 Å². The quantitative estimate of drug-likeness (QED) is 0.801. The molecule has 0 bridgehead atoms. The molecule has 1 aromatic rings. The van der Waals surface area contributed by atoms with E-state index in [1.165, 1.54) is 19.2 Å². The van der Waals surface area contributed by atoms with Gasteiger partial charge < -0.3 is 15.6 Å². The van der Waals surface area contributed by atoms with Crippen molar-refractivity contribution in [2.24, 2.45) is 5.73 Å². The minimum atomic E-state index is -3.82. The number of methoxy groups -OCH3 is 1. The number of aliphatic carboxylic acids is 1. The van der Waals surface area contributed by atoms with Crippen molar-refractivity contribution in [2.75, 3.05) is 20.2 Å². The summed E-state index contributed by atoms with van der Waals surface area (Å²) >= 11 is 0. The van der Waals surface area contributed by atoms with Crippen LogP contribution in [0, 0.1) is 0 Å². The van der Waals surface area contributed by atoms with Crippen molar-refractivity contribution < 1.29 is 23.1 Å². The summed E-state index contributed by atoms with van der Waals surface area (Å²) in [5.74, 6) is -0.979. The summed E-state index contributed by atoms with van der Waals surface area (Å²) in [4.78, 5) is 11.1. The summed E-state index contributed by atoms with van der Waals surface area (Å²) in [6, 6.07) is 6.20. The third kappa shape index (κ3) is 2.37. The van der Waals surface area contributed by atoms with Crippen LogP contribution in [-0.2, 0) is 14.8 Å². The Bertz CT molecular complexity index is 630. The first-order chi connectivity index (χ1) is 9.31. The van der Waals surface area contributed by atoms with Gasteiger partial charge in [0, 0.05) is 13.1 Å². The highest BCUT2D eigenvalue weighted by Crippen LogP contribution is 2.30. The summed E-state index contributed by atoms with van der Waals surface area (Å²) < 4.78 is 31.2. The maximum absolute atomic E-state index is 12.5. The topological polar surface area (TPSA) is 110 Å². The molecule has 20 heavy (non-hydrogen) atoms. The van der Waals surface area contributed by atoms with E-state index in [1.54, 1.807) is 12.1 Å². The Balaban J connectivity index is 2.36. The van der Waals surface area contributed by atoms with E-state index in [2.05, 4.69) is 0 Å². The Hall–Kier alpha value is -1.64. The van der Waals surface area contributed by atoms with Gasteiger partial charge in [0.1, 0.15) is 16.2 Å². The van der Waals surface area contributed by atoms with Crippen LogP contribution in [0.2, 0.25) is 0 Å². The van der Waals surface area contributed by atoms with E-state index in [9.17, 15) is 13.2 Å². The maximum atomic E-state index is 12.5. The molecule has 1 aliphatic heterocycles. The number of hydrogen-bond acceptors (Lipinski definition) is 5. The van der Waals surface area contributed by atoms with Crippen molar-refractivity contribution in [1.82, 2.24) is 4.31 Å². The molecule has 0 radical (unpaired) electrons. The molecule has 1 saturated heterocycles. The predicted octanol–water partition coefficient (Wildman–Crippen LogP) is -0.128. The van der Waals surface area contributed by atoms with E-state index in [0.29, 0.717) is 0 Å². The number of nitrogens with zero attached hydrogens (tertiary/aromatic N) is 1. The standard InChI is InChI=1S/C12H16N2O5S/c1-19-9-4-2-3-5-10(9)20(17,18)14-7-6-12(13,8-14)11(15)16/h2-5H,6-8,13H2,1H3,(H,15,16). The second kappa shape index (κ2) is 5.04. The molecule has 1 heterocycles. The summed E-state index contributed by atoms with van der Waals surface area (Å²) in [5.41, 5.74) is 4.17. The lowest BCUT2D eigenvalue weighted by atomic mass is 10.0. The van der Waals surface area contributed by atoms with Crippen LogP contribution in [0.4, 0.5) is 0 Å². The number of carboxylic acid groups (broad SMARTS) is 1. The SMILES string of the molecule is COc1ccccc1S(=O)(=O)N1CCC(N)(C(=O)O)C1. The van der Waals surface area contributed by atoms with Gasteiger partial charge in [0.15, 0.2) is 0 Å². The second-order valence-electron chi connectivity index (χ2n) is 4.70. The first-order valence-corrected chi connectivity index (χ1v) is 7.41. The number of benzene rings is 1. The average Bonchev–Trinajstić information content (AvgIpc) is 2.83. The molecular formula is C12H16N2O5S. The summed E-state index contributed by atoms with van der Waals surface area (Å²) in [7, 11) is -2.44. The maximum Gasteiger partial charge on any atom is 0.325 e. The molecule has 7 nitrogen and oxygen atoms in total. The third-order valence-electron chi connectivity index (χ3n) is 3.38. The van der Waals surface area contributed by atoms with Crippen LogP contribution < -0.4 is 10.5 Å². The minimum Gasteiger partial charge on any atom is -0.495 e. The molecule has 0 amide bonds. The number of rotatable bonds is 4. The van der Waals surface area contributed by atoms with Crippen LogP contribution in [0.3, 0.4) is 0 Å². The fourth-order valence-electron chi connectivity index (χ4n) is 2.15. The Labute approximate surface area is 117 Å². The summed E-state index contributed by atoms with van der Waals surface area (Å²) in [6.07, 6.45) is 0.0801. The first-order valence-electron chi connectivity index (χ1n) is 5.97. The highest BCUT2D eigenvalue weighted by molar-refractivity contribution is 7.89. The lowest BCUT2D eigenvalue weighted by Gasteiger charge is -2.20. The molecular weight excluding hydrogens is 284 g/mol. The van der Waals surface area contributed by atoms with E-state index in [-0.39, 0.29) is 30.2 Å². The first kappa shape index (κ1) is 14.8. The van der Waals surface area contributed by atoms with Crippen molar-refractivity contribution in [3.63, 3.8) is 0 Å². The molecule has 8 heteroatoms. The van der Waals surface area contributed by atoms with Gasteiger partial charge in [-0.15, -0.1) is 0 Å². The number of carboxylic acids is 1. The normalized spacial score (nSPS) is 23.7. The number of nitrogens with two attached hydrogens (primary N) is 1. The van der Waals surface area contributed by atoms with Crippen molar-refractivity contribution >= 4 is 16.0 Å². The highest BCUT2D eigenvalue weighted by atomic mass is 32.2. The zero-order valence-electron chi connectivity index (χ0n) is 10.9. The van der Waals surface area contributed by atoms with Gasteiger partial charge in [0.05, 0.1) is 7.11 Å². The van der Waals surface area contributed by atoms with Crippen LogP contribution in [0.25, 0.3) is 0 Å². The van der Waals surface area contributed by atoms with Gasteiger partial charge >= 0.3 is 5.97 Å². The van der Waals surface area contributed by atoms with Crippen LogP contribution in [0.15, 0.2) is 29.2 Å². The largest absolute Gasteiger partial charge is 0.495 e. The Morgan fingerprint density at radius 2 is 2.10 bits per heavy atom. The molecule has 0 aliphatic carbocycles. The Morgan fingerprint density at radius 1 is 1.45 bits per heavy atom. The molecule has 110 valence electrons. The van der Waals surface area contributed by atoms with Gasteiger partial charge in [0.2, 0.25) is 10.0 Å². The summed E-state index contributed by atoms with van der Waals surface area (Å²) in [6.45, 7) is -0.175. The number of hydrogen-bond donors (Lipinski definition) is 2. The molecule has 1 fully saturated rings. The molecule has 1 aliphatic rings. The van der Waals surface area contributed by atoms with Crippen LogP contribution >= 0.6 is 0 Å². The van der Waals surface area contributed by atoms with Crippen LogP contribution in [-0.4, -0.2) is 49.5 Å². The number of para-hydroxylation sites is 1. The number of sulfonamides is 1. The Morgan fingerprint density at radius 3 is 2.65 bits per heavy atom. The van der Waals surface area contributed by atoms with E-state index in [1.807, 2.05) is 0 Å². The predicted molar refractivity (Wildman–Crippen MR) is 70.9 cm³/mol.